The minimum Gasteiger partial charge on any atom is -0.308 e. The monoisotopic (exact) mass is 970 g/mol. The van der Waals surface area contributed by atoms with Crippen LogP contribution in [0.3, 0.4) is 0 Å². The second-order valence-corrected chi connectivity index (χ2v) is 20.6. The summed E-state index contributed by atoms with van der Waals surface area (Å²) >= 11 is 1.88. The largest absolute Gasteiger partial charge is 0.308 e. The molecule has 1 aliphatic heterocycles. The number of fused-ring (bicyclic) bond motifs is 19. The number of nitrogens with zero attached hydrogens (tertiary/aromatic N) is 2. The van der Waals surface area contributed by atoms with Crippen molar-refractivity contribution >= 4 is 119 Å². The Bertz CT molecular complexity index is 4670. The lowest BCUT2D eigenvalue weighted by Crippen LogP contribution is -2.17. The summed E-state index contributed by atoms with van der Waals surface area (Å²) in [6.07, 6.45) is 0. The van der Waals surface area contributed by atoms with E-state index < -0.39 is 0 Å². The molecule has 3 heteroatoms. The molecule has 0 fully saturated rings. The molecule has 13 aromatic carbocycles. The summed E-state index contributed by atoms with van der Waals surface area (Å²) in [6, 6.07) is 103. The molecule has 14 aromatic rings. The van der Waals surface area contributed by atoms with Crippen molar-refractivity contribution in [2.24, 2.45) is 0 Å². The van der Waals surface area contributed by atoms with Crippen LogP contribution in [0.2, 0.25) is 0 Å². The van der Waals surface area contributed by atoms with Crippen LogP contribution in [0.15, 0.2) is 279 Å². The van der Waals surface area contributed by atoms with Gasteiger partial charge in [0.1, 0.15) is 0 Å². The van der Waals surface area contributed by atoms with Gasteiger partial charge in [0.15, 0.2) is 0 Å². The van der Waals surface area contributed by atoms with Crippen molar-refractivity contribution in [1.82, 2.24) is 0 Å². The van der Waals surface area contributed by atoms with Gasteiger partial charge in [0.25, 0.3) is 0 Å². The van der Waals surface area contributed by atoms with Crippen molar-refractivity contribution in [3.05, 3.63) is 279 Å². The summed E-state index contributed by atoms with van der Waals surface area (Å²) in [4.78, 5) is 5.00. The molecule has 0 unspecified atom stereocenters. The quantitative estimate of drug-likeness (QED) is 0.170. The highest BCUT2D eigenvalue weighted by Crippen LogP contribution is 2.56. The average molecular weight is 971 g/mol. The first-order chi connectivity index (χ1) is 37.2. The highest BCUT2D eigenvalue weighted by atomic mass is 32.1. The zero-order valence-electron chi connectivity index (χ0n) is 40.9. The lowest BCUT2D eigenvalue weighted by atomic mass is 9.92. The van der Waals surface area contributed by atoms with E-state index in [0.717, 1.165) is 45.3 Å². The molecule has 0 radical (unpaired) electrons. The molecular weight excluding hydrogens is 925 g/mol. The van der Waals surface area contributed by atoms with E-state index >= 15 is 0 Å². The lowest BCUT2D eigenvalue weighted by Gasteiger charge is -2.34. The van der Waals surface area contributed by atoms with E-state index in [1.54, 1.807) is 0 Å². The molecule has 2 heterocycles. The van der Waals surface area contributed by atoms with E-state index in [9.17, 15) is 0 Å². The van der Waals surface area contributed by atoms with Gasteiger partial charge >= 0.3 is 0 Å². The Balaban J connectivity index is 1.12. The molecule has 1 aliphatic rings. The molecule has 0 bridgehead atoms. The molecule has 0 aliphatic carbocycles. The van der Waals surface area contributed by atoms with Crippen LogP contribution in [0.25, 0.3) is 107 Å². The molecule has 0 atom stereocenters. The molecule has 0 amide bonds. The second kappa shape index (κ2) is 17.6. The molecule has 75 heavy (non-hydrogen) atoms. The normalized spacial score (nSPS) is 12.0. The summed E-state index contributed by atoms with van der Waals surface area (Å²) < 4.78 is 2.58. The second-order valence-electron chi connectivity index (χ2n) is 19.5. The Morgan fingerprint density at radius 1 is 0.280 bits per heavy atom. The van der Waals surface area contributed by atoms with Crippen LogP contribution in [0.5, 0.6) is 0 Å². The van der Waals surface area contributed by atoms with Crippen LogP contribution in [-0.4, -0.2) is 0 Å². The highest BCUT2D eigenvalue weighted by Gasteiger charge is 2.31. The minimum atomic E-state index is 1.05. The van der Waals surface area contributed by atoms with Gasteiger partial charge in [-0.15, -0.1) is 11.3 Å². The predicted octanol–water partition coefficient (Wildman–Crippen LogP) is 21.2. The Labute approximate surface area is 439 Å². The van der Waals surface area contributed by atoms with E-state index in [1.165, 1.54) is 96.3 Å². The summed E-state index contributed by atoms with van der Waals surface area (Å²) in [6.45, 7) is 0. The molecule has 0 spiro atoms. The number of para-hydroxylation sites is 3. The number of thiophene rings is 1. The first kappa shape index (κ1) is 43.1. The molecule has 0 N–H and O–H groups in total. The molecule has 0 saturated carbocycles. The van der Waals surface area contributed by atoms with Crippen LogP contribution in [-0.2, 0) is 0 Å². The van der Waals surface area contributed by atoms with Gasteiger partial charge in [-0.25, -0.2) is 0 Å². The van der Waals surface area contributed by atoms with Crippen LogP contribution in [0, 0.1) is 0 Å². The number of hydrogen-bond donors (Lipinski definition) is 0. The van der Waals surface area contributed by atoms with Gasteiger partial charge in [0, 0.05) is 48.4 Å². The van der Waals surface area contributed by atoms with E-state index in [0.29, 0.717) is 0 Å². The third-order valence-corrected chi connectivity index (χ3v) is 16.5. The Morgan fingerprint density at radius 3 is 1.51 bits per heavy atom. The molecule has 2 nitrogen and oxygen atoms in total. The first-order valence-corrected chi connectivity index (χ1v) is 26.6. The van der Waals surface area contributed by atoms with Crippen molar-refractivity contribution in [1.29, 1.82) is 0 Å². The molecular formula is C72H46N2S. The minimum absolute atomic E-state index is 1.05. The SMILES string of the molecule is c1ccc(-c2cccc(N(c3ccc4c(c3)c3ccccc3c3ccccc3c3ccccc3c3c4ccc4sc5ccccc5c43)c3cccc4c3N(c3ccccc3)c3ccccc3-c3ccccc3-4)c2)cc1. The van der Waals surface area contributed by atoms with Gasteiger partial charge in [-0.05, 0) is 137 Å². The van der Waals surface area contributed by atoms with E-state index in [2.05, 4.69) is 289 Å². The van der Waals surface area contributed by atoms with Gasteiger partial charge in [-0.1, -0.05) is 218 Å². The zero-order valence-corrected chi connectivity index (χ0v) is 41.7. The Hall–Kier alpha value is -9.54. The molecule has 15 rings (SSSR count). The van der Waals surface area contributed by atoms with Crippen molar-refractivity contribution < 1.29 is 0 Å². The summed E-state index contributed by atoms with van der Waals surface area (Å²) in [5.74, 6) is 0. The highest BCUT2D eigenvalue weighted by molar-refractivity contribution is 7.26. The Morgan fingerprint density at radius 2 is 0.773 bits per heavy atom. The van der Waals surface area contributed by atoms with Gasteiger partial charge in [0.05, 0.1) is 17.1 Å². The fourth-order valence-electron chi connectivity index (χ4n) is 12.2. The van der Waals surface area contributed by atoms with Gasteiger partial charge in [-0.3, -0.25) is 0 Å². The fraction of sp³-hybridized carbons (Fsp3) is 0. The maximum Gasteiger partial charge on any atom is 0.0781 e. The number of anilines is 6. The third kappa shape index (κ3) is 6.93. The van der Waals surface area contributed by atoms with E-state index in [4.69, 9.17) is 0 Å². The average Bonchev–Trinajstić information content (AvgIpc) is 3.81. The summed E-state index contributed by atoms with van der Waals surface area (Å²) in [7, 11) is 0. The van der Waals surface area contributed by atoms with Gasteiger partial charge < -0.3 is 9.80 Å². The van der Waals surface area contributed by atoms with Crippen LogP contribution < -0.4 is 9.80 Å². The van der Waals surface area contributed by atoms with Crippen LogP contribution >= 0.6 is 11.3 Å². The smallest absolute Gasteiger partial charge is 0.0781 e. The van der Waals surface area contributed by atoms with E-state index in [1.807, 2.05) is 11.3 Å². The third-order valence-electron chi connectivity index (χ3n) is 15.4. The van der Waals surface area contributed by atoms with E-state index in [-0.39, 0.29) is 0 Å². The van der Waals surface area contributed by atoms with Crippen LogP contribution in [0.4, 0.5) is 34.1 Å². The standard InChI is InChI=1S/C72H46N2S/c1-3-21-47(22-4-1)48-23-19-26-50(45-48)73(67-39-20-37-63-57-32-11-10-30-55(57)60-34-15-17-38-66(60)74(72(63)67)49-24-5-2-6-25-49)51-41-42-59-62-43-44-69-71(64-36-16-18-40-68(64)75-69)70(62)61-35-14-13-31-56(61)53-28-8-7-27-52(53)54-29-9-12-33-58(54)65(59)46-51/h1-46H. The van der Waals surface area contributed by atoms with Crippen LogP contribution in [0.1, 0.15) is 0 Å². The molecule has 350 valence electrons. The van der Waals surface area contributed by atoms with Crippen molar-refractivity contribution in [3.63, 3.8) is 0 Å². The van der Waals surface area contributed by atoms with Gasteiger partial charge in [-0.2, -0.15) is 0 Å². The molecule has 1 aromatic heterocycles. The lowest BCUT2D eigenvalue weighted by molar-refractivity contribution is 1.23. The van der Waals surface area contributed by atoms with Gasteiger partial charge in [0.2, 0.25) is 0 Å². The van der Waals surface area contributed by atoms with Crippen molar-refractivity contribution in [3.8, 4) is 33.4 Å². The summed E-state index contributed by atoms with van der Waals surface area (Å²) in [5, 5.41) is 14.7. The maximum atomic E-state index is 2.51. The zero-order chi connectivity index (χ0) is 49.4. The molecule has 0 saturated heterocycles. The van der Waals surface area contributed by atoms with Crippen molar-refractivity contribution in [2.75, 3.05) is 9.80 Å². The summed E-state index contributed by atoms with van der Waals surface area (Å²) in [5.41, 5.74) is 13.6. The predicted molar refractivity (Wildman–Crippen MR) is 324 cm³/mol. The van der Waals surface area contributed by atoms with Crippen molar-refractivity contribution in [2.45, 2.75) is 0 Å². The fourth-order valence-corrected chi connectivity index (χ4v) is 13.3. The first-order valence-electron chi connectivity index (χ1n) is 25.7. The number of hydrogen-bond acceptors (Lipinski definition) is 3. The number of rotatable bonds is 5. The Kier molecular flexibility index (Phi) is 10.1. The number of benzene rings is 12. The topological polar surface area (TPSA) is 6.48 Å². The maximum absolute atomic E-state index is 2.51.